The average Bonchev–Trinajstić information content (AvgIpc) is 3.46. The number of rotatable bonds is 8. The Balaban J connectivity index is 1.50. The van der Waals surface area contributed by atoms with Crippen LogP contribution in [0.5, 0.6) is 5.75 Å². The van der Waals surface area contributed by atoms with Gasteiger partial charge in [-0.1, -0.05) is 5.16 Å². The van der Waals surface area contributed by atoms with Gasteiger partial charge in [0, 0.05) is 11.8 Å². The Morgan fingerprint density at radius 2 is 2.00 bits per heavy atom. The van der Waals surface area contributed by atoms with Gasteiger partial charge in [0.15, 0.2) is 0 Å². The molecule has 1 saturated heterocycles. The van der Waals surface area contributed by atoms with Gasteiger partial charge in [-0.2, -0.15) is 9.97 Å². The minimum atomic E-state index is -0.478. The van der Waals surface area contributed by atoms with Crippen molar-refractivity contribution in [2.75, 3.05) is 23.9 Å². The van der Waals surface area contributed by atoms with Gasteiger partial charge in [-0.25, -0.2) is 9.78 Å². The van der Waals surface area contributed by atoms with E-state index in [1.54, 1.807) is 19.4 Å². The number of cyclic esters (lactones) is 1. The van der Waals surface area contributed by atoms with Crippen LogP contribution in [0.15, 0.2) is 39.5 Å². The third-order valence-electron chi connectivity index (χ3n) is 5.44. The summed E-state index contributed by atoms with van der Waals surface area (Å²) < 4.78 is 23.0. The Morgan fingerprint density at radius 3 is 2.72 bits per heavy atom. The number of aromatic nitrogens is 4. The zero-order chi connectivity index (χ0) is 26.0. The number of anilines is 2. The summed E-state index contributed by atoms with van der Waals surface area (Å²) in [5.41, 5.74) is 0.384. The Morgan fingerprint density at radius 1 is 1.22 bits per heavy atom. The maximum absolute atomic E-state index is 12.5. The van der Waals surface area contributed by atoms with E-state index < -0.39 is 12.1 Å². The summed E-state index contributed by atoms with van der Waals surface area (Å²) in [6.07, 6.45) is 0.826. The first-order chi connectivity index (χ1) is 17.1. The molecule has 1 aromatic carbocycles. The van der Waals surface area contributed by atoms with Gasteiger partial charge in [0.1, 0.15) is 30.3 Å². The number of nitrogens with one attached hydrogen (secondary N) is 1. The maximum atomic E-state index is 12.5. The van der Waals surface area contributed by atoms with Crippen LogP contribution < -0.4 is 15.0 Å². The number of halogens is 1. The first kappa shape index (κ1) is 25.8. The van der Waals surface area contributed by atoms with Gasteiger partial charge in [0.2, 0.25) is 17.7 Å². The van der Waals surface area contributed by atoms with Crippen molar-refractivity contribution in [2.24, 2.45) is 0 Å². The second kappa shape index (κ2) is 10.4. The van der Waals surface area contributed by atoms with Gasteiger partial charge in [-0.05, 0) is 74.8 Å². The van der Waals surface area contributed by atoms with Crippen LogP contribution in [-0.4, -0.2) is 57.7 Å². The number of carbonyl (C=O) groups excluding carboxylic acids is 1. The molecule has 1 aliphatic heterocycles. The van der Waals surface area contributed by atoms with Crippen LogP contribution in [0.25, 0.3) is 11.4 Å². The van der Waals surface area contributed by atoms with Gasteiger partial charge < -0.3 is 24.1 Å². The van der Waals surface area contributed by atoms with E-state index in [-0.39, 0.29) is 24.4 Å². The molecule has 0 saturated carbocycles. The molecule has 1 N–H and O–H groups in total. The molecular weight excluding hydrogens is 532 g/mol. The van der Waals surface area contributed by atoms with Gasteiger partial charge in [-0.15, -0.1) is 0 Å². The topological polar surface area (TPSA) is 125 Å². The fourth-order valence-electron chi connectivity index (χ4n) is 3.82. The van der Waals surface area contributed by atoms with Crippen LogP contribution in [0.4, 0.5) is 16.6 Å². The number of nitrogens with zero attached hydrogens (tertiary/aromatic N) is 5. The highest BCUT2D eigenvalue weighted by atomic mass is 79.9. The average molecular weight is 561 g/mol. The van der Waals surface area contributed by atoms with Crippen molar-refractivity contribution in [3.8, 4) is 17.1 Å². The zero-order valence-electron chi connectivity index (χ0n) is 21.0. The van der Waals surface area contributed by atoms with E-state index in [1.807, 2.05) is 52.8 Å². The molecule has 11 nitrogen and oxygen atoms in total. The van der Waals surface area contributed by atoms with E-state index in [0.29, 0.717) is 29.2 Å². The highest BCUT2D eigenvalue weighted by molar-refractivity contribution is 9.10. The Labute approximate surface area is 217 Å². The highest BCUT2D eigenvalue weighted by Crippen LogP contribution is 2.31. The number of methoxy groups -OCH3 is 1. The van der Waals surface area contributed by atoms with Crippen LogP contribution in [-0.2, 0) is 9.47 Å². The summed E-state index contributed by atoms with van der Waals surface area (Å²) >= 11 is 3.43. The molecule has 12 heteroatoms. The monoisotopic (exact) mass is 560 g/mol. The van der Waals surface area contributed by atoms with E-state index >= 15 is 0 Å². The fourth-order valence-corrected chi connectivity index (χ4v) is 4.23. The molecule has 3 aromatic rings. The van der Waals surface area contributed by atoms with E-state index in [1.165, 1.54) is 4.90 Å². The van der Waals surface area contributed by atoms with Crippen LogP contribution in [0.2, 0.25) is 0 Å². The number of hydrogen-bond acceptors (Lipinski definition) is 10. The Kier molecular flexibility index (Phi) is 7.46. The third-order valence-corrected chi connectivity index (χ3v) is 6.10. The lowest BCUT2D eigenvalue weighted by atomic mass is 10.1. The van der Waals surface area contributed by atoms with Gasteiger partial charge in [0.05, 0.1) is 23.3 Å². The molecule has 4 rings (SSSR count). The molecule has 3 heterocycles. The van der Waals surface area contributed by atoms with Gasteiger partial charge in [-0.3, -0.25) is 4.90 Å². The van der Waals surface area contributed by atoms with E-state index in [2.05, 4.69) is 41.4 Å². The maximum Gasteiger partial charge on any atom is 0.416 e. The van der Waals surface area contributed by atoms with Crippen molar-refractivity contribution < 1.29 is 23.5 Å². The first-order valence-electron chi connectivity index (χ1n) is 11.5. The number of benzene rings is 1. The Bertz CT molecular complexity index is 1230. The largest absolute Gasteiger partial charge is 0.496 e. The van der Waals surface area contributed by atoms with Crippen molar-refractivity contribution in [2.45, 2.75) is 58.4 Å². The van der Waals surface area contributed by atoms with Crippen molar-refractivity contribution in [1.82, 2.24) is 20.1 Å². The number of hydrogen-bond donors (Lipinski definition) is 1. The zero-order valence-corrected chi connectivity index (χ0v) is 22.6. The SMILES string of the molecule is COc1cc(-c2noc(C(C)Nc3nccc(N4C(=O)OC[C@@H]4[C@@H](C)OC(C)(C)C)n3)n2)ccc1Br. The van der Waals surface area contributed by atoms with E-state index in [9.17, 15) is 4.79 Å². The Hall–Kier alpha value is -3.25. The predicted octanol–water partition coefficient (Wildman–Crippen LogP) is 5.00. The number of ether oxygens (including phenoxy) is 3. The normalized spacial score (nSPS) is 17.6. The van der Waals surface area contributed by atoms with Crippen LogP contribution in [0, 0.1) is 0 Å². The van der Waals surface area contributed by atoms with E-state index in [4.69, 9.17) is 18.7 Å². The van der Waals surface area contributed by atoms with Gasteiger partial charge in [0.25, 0.3) is 0 Å². The van der Waals surface area contributed by atoms with E-state index in [0.717, 1.165) is 10.0 Å². The lowest BCUT2D eigenvalue weighted by molar-refractivity contribution is -0.0618. The molecule has 1 fully saturated rings. The number of amides is 1. The molecule has 1 aliphatic rings. The molecule has 192 valence electrons. The molecule has 36 heavy (non-hydrogen) atoms. The quantitative estimate of drug-likeness (QED) is 0.402. The molecule has 1 amide bonds. The molecular formula is C24H29BrN6O5. The summed E-state index contributed by atoms with van der Waals surface area (Å²) in [4.78, 5) is 27.3. The molecule has 2 aromatic heterocycles. The van der Waals surface area contributed by atoms with Crippen molar-refractivity contribution in [3.05, 3.63) is 40.8 Å². The summed E-state index contributed by atoms with van der Waals surface area (Å²) in [5.74, 6) is 2.15. The number of carbonyl (C=O) groups is 1. The van der Waals surface area contributed by atoms with Crippen LogP contribution in [0.1, 0.15) is 46.6 Å². The fraction of sp³-hybridized carbons (Fsp3) is 0.458. The van der Waals surface area contributed by atoms with Crippen molar-refractivity contribution in [3.63, 3.8) is 0 Å². The van der Waals surface area contributed by atoms with Crippen molar-refractivity contribution in [1.29, 1.82) is 0 Å². The first-order valence-corrected chi connectivity index (χ1v) is 12.3. The predicted molar refractivity (Wildman–Crippen MR) is 136 cm³/mol. The third kappa shape index (κ3) is 5.76. The van der Waals surface area contributed by atoms with Crippen LogP contribution >= 0.6 is 15.9 Å². The molecule has 0 bridgehead atoms. The lowest BCUT2D eigenvalue weighted by Crippen LogP contribution is -2.45. The standard InChI is InChI=1S/C24H29BrN6O5/c1-13(21-29-20(30-36-21)15-7-8-16(25)18(11-15)33-6)27-22-26-10-9-19(28-22)31-17(12-34-23(31)32)14(2)35-24(3,4)5/h7-11,13-14,17H,12H2,1-6H3,(H,26,27,28)/t13?,14-,17-/m1/s1. The minimum absolute atomic E-state index is 0.213. The second-order valence-corrected chi connectivity index (χ2v) is 10.2. The summed E-state index contributed by atoms with van der Waals surface area (Å²) in [5, 5.41) is 7.24. The van der Waals surface area contributed by atoms with Gasteiger partial charge >= 0.3 is 6.09 Å². The minimum Gasteiger partial charge on any atom is -0.496 e. The molecule has 1 unspecified atom stereocenters. The summed E-state index contributed by atoms with van der Waals surface area (Å²) in [6, 6.07) is 6.48. The van der Waals surface area contributed by atoms with Crippen molar-refractivity contribution >= 4 is 33.8 Å². The lowest BCUT2D eigenvalue weighted by Gasteiger charge is -2.31. The molecule has 3 atom stereocenters. The highest BCUT2D eigenvalue weighted by Gasteiger charge is 2.40. The summed E-state index contributed by atoms with van der Waals surface area (Å²) in [6.45, 7) is 9.88. The molecule has 0 aliphatic carbocycles. The summed E-state index contributed by atoms with van der Waals surface area (Å²) in [7, 11) is 1.59. The molecule has 0 spiro atoms. The smallest absolute Gasteiger partial charge is 0.416 e. The van der Waals surface area contributed by atoms with Crippen LogP contribution in [0.3, 0.4) is 0 Å². The molecule has 0 radical (unpaired) electrons. The second-order valence-electron chi connectivity index (χ2n) is 9.36.